The van der Waals surface area contributed by atoms with Crippen molar-refractivity contribution in [2.45, 2.75) is 0 Å². The fourth-order valence-electron chi connectivity index (χ4n) is 1.24. The summed E-state index contributed by atoms with van der Waals surface area (Å²) in [6, 6.07) is 6.14. The summed E-state index contributed by atoms with van der Waals surface area (Å²) < 4.78 is 19.5. The number of halogens is 1. The highest BCUT2D eigenvalue weighted by Crippen LogP contribution is 2.13. The van der Waals surface area contributed by atoms with E-state index in [0.717, 1.165) is 0 Å². The normalized spacial score (nSPS) is 10.3. The largest absolute Gasteiger partial charge is 0.475 e. The molecule has 78 valence electrons. The summed E-state index contributed by atoms with van der Waals surface area (Å²) in [5, 5.41) is 4.02. The third-order valence-electron chi connectivity index (χ3n) is 1.88. The standard InChI is InChI=1S/C10H10FN3O/c11-8-2-1-3-9(4-8)14-6-10(5-13-14)15-7-12/h1-6H,7,12H2. The molecule has 0 aliphatic heterocycles. The molecule has 0 aliphatic rings. The highest BCUT2D eigenvalue weighted by atomic mass is 19.1. The zero-order chi connectivity index (χ0) is 10.7. The molecule has 0 unspecified atom stereocenters. The van der Waals surface area contributed by atoms with Gasteiger partial charge in [-0.2, -0.15) is 5.10 Å². The molecular formula is C10H10FN3O. The smallest absolute Gasteiger partial charge is 0.159 e. The Morgan fingerprint density at radius 1 is 1.47 bits per heavy atom. The lowest BCUT2D eigenvalue weighted by atomic mass is 10.3. The number of rotatable bonds is 3. The van der Waals surface area contributed by atoms with Crippen molar-refractivity contribution in [3.05, 3.63) is 42.5 Å². The molecule has 0 saturated carbocycles. The lowest BCUT2D eigenvalue weighted by molar-refractivity contribution is 0.329. The van der Waals surface area contributed by atoms with Crippen molar-refractivity contribution in [2.75, 3.05) is 6.73 Å². The van der Waals surface area contributed by atoms with Crippen LogP contribution in [0.25, 0.3) is 5.69 Å². The highest BCUT2D eigenvalue weighted by Gasteiger charge is 2.01. The van der Waals surface area contributed by atoms with Gasteiger partial charge in [-0.05, 0) is 18.2 Å². The maximum Gasteiger partial charge on any atom is 0.159 e. The van der Waals surface area contributed by atoms with Crippen LogP contribution in [0.2, 0.25) is 0 Å². The van der Waals surface area contributed by atoms with Crippen LogP contribution >= 0.6 is 0 Å². The lowest BCUT2D eigenvalue weighted by Gasteiger charge is -2.00. The van der Waals surface area contributed by atoms with Crippen LogP contribution in [0.1, 0.15) is 0 Å². The Bertz CT molecular complexity index is 455. The molecule has 15 heavy (non-hydrogen) atoms. The minimum atomic E-state index is -0.302. The van der Waals surface area contributed by atoms with E-state index in [1.165, 1.54) is 23.0 Å². The van der Waals surface area contributed by atoms with Gasteiger partial charge in [0.1, 0.15) is 12.5 Å². The average Bonchev–Trinajstić information content (AvgIpc) is 2.67. The van der Waals surface area contributed by atoms with E-state index in [0.29, 0.717) is 11.4 Å². The van der Waals surface area contributed by atoms with Crippen molar-refractivity contribution in [1.82, 2.24) is 9.78 Å². The molecule has 2 rings (SSSR count). The van der Waals surface area contributed by atoms with E-state index in [4.69, 9.17) is 10.5 Å². The van der Waals surface area contributed by atoms with E-state index in [-0.39, 0.29) is 12.5 Å². The zero-order valence-electron chi connectivity index (χ0n) is 7.93. The summed E-state index contributed by atoms with van der Waals surface area (Å²) in [4.78, 5) is 0. The van der Waals surface area contributed by atoms with Crippen LogP contribution in [-0.2, 0) is 0 Å². The minimum Gasteiger partial charge on any atom is -0.475 e. The number of hydrogen-bond acceptors (Lipinski definition) is 3. The summed E-state index contributed by atoms with van der Waals surface area (Å²) in [6.07, 6.45) is 3.17. The van der Waals surface area contributed by atoms with E-state index in [1.807, 2.05) is 0 Å². The second kappa shape index (κ2) is 4.10. The Labute approximate surface area is 86.1 Å². The van der Waals surface area contributed by atoms with E-state index < -0.39 is 0 Å². The third kappa shape index (κ3) is 2.13. The second-order valence-corrected chi connectivity index (χ2v) is 2.91. The van der Waals surface area contributed by atoms with Gasteiger partial charge in [0.15, 0.2) is 5.75 Å². The van der Waals surface area contributed by atoms with Crippen molar-refractivity contribution in [3.8, 4) is 11.4 Å². The predicted octanol–water partition coefficient (Wildman–Crippen LogP) is 1.31. The van der Waals surface area contributed by atoms with Gasteiger partial charge in [-0.25, -0.2) is 9.07 Å². The molecule has 0 atom stereocenters. The Balaban J connectivity index is 2.29. The zero-order valence-corrected chi connectivity index (χ0v) is 7.93. The van der Waals surface area contributed by atoms with E-state index in [9.17, 15) is 4.39 Å². The quantitative estimate of drug-likeness (QED) is 0.772. The van der Waals surface area contributed by atoms with Gasteiger partial charge < -0.3 is 4.74 Å². The summed E-state index contributed by atoms with van der Waals surface area (Å²) in [7, 11) is 0. The van der Waals surface area contributed by atoms with Gasteiger partial charge in [-0.3, -0.25) is 5.73 Å². The SMILES string of the molecule is NCOc1cnn(-c2cccc(F)c2)c1. The van der Waals surface area contributed by atoms with E-state index in [1.54, 1.807) is 18.3 Å². The first-order valence-corrected chi connectivity index (χ1v) is 4.43. The molecule has 0 saturated heterocycles. The molecule has 0 bridgehead atoms. The monoisotopic (exact) mass is 207 g/mol. The molecule has 2 N–H and O–H groups in total. The minimum absolute atomic E-state index is 0.0921. The van der Waals surface area contributed by atoms with Crippen molar-refractivity contribution in [3.63, 3.8) is 0 Å². The maximum absolute atomic E-state index is 12.9. The molecule has 0 aliphatic carbocycles. The van der Waals surface area contributed by atoms with E-state index in [2.05, 4.69) is 5.10 Å². The molecule has 1 aromatic heterocycles. The first-order chi connectivity index (χ1) is 7.29. The molecular weight excluding hydrogens is 197 g/mol. The van der Waals surface area contributed by atoms with Crippen LogP contribution in [0.3, 0.4) is 0 Å². The van der Waals surface area contributed by atoms with Crippen molar-refractivity contribution >= 4 is 0 Å². The summed E-state index contributed by atoms with van der Waals surface area (Å²) >= 11 is 0. The fourth-order valence-corrected chi connectivity index (χ4v) is 1.24. The van der Waals surface area contributed by atoms with Gasteiger partial charge >= 0.3 is 0 Å². The Hall–Kier alpha value is -1.88. The summed E-state index contributed by atoms with van der Waals surface area (Å²) in [6.45, 7) is 0.0921. The van der Waals surface area contributed by atoms with Crippen LogP contribution in [0.5, 0.6) is 5.75 Å². The number of ether oxygens (including phenoxy) is 1. The van der Waals surface area contributed by atoms with Gasteiger partial charge in [0, 0.05) is 0 Å². The van der Waals surface area contributed by atoms with Crippen LogP contribution in [0.15, 0.2) is 36.7 Å². The molecule has 0 fully saturated rings. The first kappa shape index (κ1) is 9.67. The predicted molar refractivity (Wildman–Crippen MR) is 53.2 cm³/mol. The number of hydrogen-bond donors (Lipinski definition) is 1. The van der Waals surface area contributed by atoms with Gasteiger partial charge in [-0.15, -0.1) is 0 Å². The van der Waals surface area contributed by atoms with Crippen LogP contribution in [-0.4, -0.2) is 16.5 Å². The van der Waals surface area contributed by atoms with Gasteiger partial charge in [0.2, 0.25) is 0 Å². The van der Waals surface area contributed by atoms with Gasteiger partial charge in [0.25, 0.3) is 0 Å². The van der Waals surface area contributed by atoms with Crippen molar-refractivity contribution < 1.29 is 9.13 Å². The molecule has 0 amide bonds. The summed E-state index contributed by atoms with van der Waals surface area (Å²) in [5.41, 5.74) is 5.85. The van der Waals surface area contributed by atoms with Crippen molar-refractivity contribution in [2.24, 2.45) is 5.73 Å². The first-order valence-electron chi connectivity index (χ1n) is 4.43. The molecule has 1 aromatic carbocycles. The van der Waals surface area contributed by atoms with Crippen molar-refractivity contribution in [1.29, 1.82) is 0 Å². The number of aromatic nitrogens is 2. The molecule has 5 heteroatoms. The van der Waals surface area contributed by atoms with Crippen LogP contribution < -0.4 is 10.5 Å². The Morgan fingerprint density at radius 3 is 3.07 bits per heavy atom. The lowest BCUT2D eigenvalue weighted by Crippen LogP contribution is -2.06. The second-order valence-electron chi connectivity index (χ2n) is 2.91. The van der Waals surface area contributed by atoms with E-state index >= 15 is 0 Å². The topological polar surface area (TPSA) is 53.1 Å². The molecule has 0 radical (unpaired) electrons. The average molecular weight is 207 g/mol. The molecule has 2 aromatic rings. The molecule has 1 heterocycles. The van der Waals surface area contributed by atoms with Gasteiger partial charge in [-0.1, -0.05) is 6.07 Å². The highest BCUT2D eigenvalue weighted by molar-refractivity contribution is 5.32. The number of benzene rings is 1. The van der Waals surface area contributed by atoms with Crippen LogP contribution in [0, 0.1) is 5.82 Å². The summed E-state index contributed by atoms with van der Waals surface area (Å²) in [5.74, 6) is 0.256. The third-order valence-corrected chi connectivity index (χ3v) is 1.88. The number of nitrogens with two attached hydrogens (primary N) is 1. The molecule has 4 nitrogen and oxygen atoms in total. The fraction of sp³-hybridized carbons (Fsp3) is 0.100. The number of nitrogens with zero attached hydrogens (tertiary/aromatic N) is 2. The van der Waals surface area contributed by atoms with Crippen LogP contribution in [0.4, 0.5) is 4.39 Å². The Kier molecular flexibility index (Phi) is 2.64. The Morgan fingerprint density at radius 2 is 2.33 bits per heavy atom. The molecule has 0 spiro atoms. The maximum atomic E-state index is 12.9. The van der Waals surface area contributed by atoms with Gasteiger partial charge in [0.05, 0.1) is 18.1 Å².